The molecule has 1 aliphatic heterocycles. The van der Waals surface area contributed by atoms with E-state index in [0.717, 1.165) is 52.5 Å². The van der Waals surface area contributed by atoms with Gasteiger partial charge in [0, 0.05) is 56.5 Å². The number of halogens is 2. The Morgan fingerprint density at radius 1 is 1.14 bits per heavy atom. The van der Waals surface area contributed by atoms with Gasteiger partial charge in [0.1, 0.15) is 5.82 Å². The summed E-state index contributed by atoms with van der Waals surface area (Å²) in [5.41, 5.74) is 0.637. The zero-order valence-electron chi connectivity index (χ0n) is 12.7. The summed E-state index contributed by atoms with van der Waals surface area (Å²) in [4.78, 5) is 4.79. The summed E-state index contributed by atoms with van der Waals surface area (Å²) in [5.74, 6) is -0.196. The number of piperazine rings is 1. The minimum absolute atomic E-state index is 0.196. The molecule has 0 saturated carbocycles. The van der Waals surface area contributed by atoms with Crippen molar-refractivity contribution < 1.29 is 9.13 Å². The van der Waals surface area contributed by atoms with Gasteiger partial charge in [-0.2, -0.15) is 0 Å². The molecule has 118 valence electrons. The molecular weight excluding hydrogens is 291 g/mol. The standard InChI is InChI=1S/C16H24ClFN2O/c1-2-21-13-12-20-10-8-19(9-11-20)7-6-14-15(17)4-3-5-16(14)18/h3-5H,2,6-13H2,1H3. The SMILES string of the molecule is CCOCCN1CCN(CCc2c(F)cccc2Cl)CC1. The lowest BCUT2D eigenvalue weighted by Gasteiger charge is -2.34. The van der Waals surface area contributed by atoms with Crippen molar-refractivity contribution in [1.82, 2.24) is 9.80 Å². The van der Waals surface area contributed by atoms with Crippen LogP contribution >= 0.6 is 11.6 Å². The highest BCUT2D eigenvalue weighted by molar-refractivity contribution is 6.31. The molecule has 0 amide bonds. The van der Waals surface area contributed by atoms with Gasteiger partial charge in [0.05, 0.1) is 6.61 Å². The summed E-state index contributed by atoms with van der Waals surface area (Å²) in [6, 6.07) is 4.89. The molecule has 0 atom stereocenters. The monoisotopic (exact) mass is 314 g/mol. The summed E-state index contributed by atoms with van der Waals surface area (Å²) in [6.45, 7) is 9.63. The van der Waals surface area contributed by atoms with Gasteiger partial charge in [0.2, 0.25) is 0 Å². The van der Waals surface area contributed by atoms with Gasteiger partial charge < -0.3 is 9.64 Å². The van der Waals surface area contributed by atoms with Crippen molar-refractivity contribution in [2.24, 2.45) is 0 Å². The fraction of sp³-hybridized carbons (Fsp3) is 0.625. The van der Waals surface area contributed by atoms with Crippen LogP contribution in [0.3, 0.4) is 0 Å². The summed E-state index contributed by atoms with van der Waals surface area (Å²) in [7, 11) is 0. The van der Waals surface area contributed by atoms with Crippen LogP contribution in [-0.4, -0.2) is 62.3 Å². The van der Waals surface area contributed by atoms with E-state index in [1.165, 1.54) is 6.07 Å². The van der Waals surface area contributed by atoms with E-state index in [1.54, 1.807) is 12.1 Å². The van der Waals surface area contributed by atoms with Gasteiger partial charge in [-0.05, 0) is 25.5 Å². The molecule has 1 saturated heterocycles. The quantitative estimate of drug-likeness (QED) is 0.720. The van der Waals surface area contributed by atoms with Crippen molar-refractivity contribution in [3.8, 4) is 0 Å². The molecule has 2 rings (SSSR count). The number of benzene rings is 1. The van der Waals surface area contributed by atoms with E-state index in [9.17, 15) is 4.39 Å². The average Bonchev–Trinajstić information content (AvgIpc) is 2.48. The summed E-state index contributed by atoms with van der Waals surface area (Å²) < 4.78 is 19.1. The lowest BCUT2D eigenvalue weighted by molar-refractivity contribution is 0.0812. The highest BCUT2D eigenvalue weighted by Crippen LogP contribution is 2.19. The Morgan fingerprint density at radius 3 is 2.43 bits per heavy atom. The third-order valence-corrected chi connectivity index (χ3v) is 4.31. The van der Waals surface area contributed by atoms with Crippen LogP contribution in [0.1, 0.15) is 12.5 Å². The Balaban J connectivity index is 1.71. The van der Waals surface area contributed by atoms with Gasteiger partial charge in [-0.1, -0.05) is 17.7 Å². The number of ether oxygens (including phenoxy) is 1. The van der Waals surface area contributed by atoms with Crippen LogP contribution in [0.2, 0.25) is 5.02 Å². The van der Waals surface area contributed by atoms with Crippen molar-refractivity contribution in [2.75, 3.05) is 52.5 Å². The average molecular weight is 315 g/mol. The lowest BCUT2D eigenvalue weighted by atomic mass is 10.1. The first-order chi connectivity index (χ1) is 10.2. The first-order valence-corrected chi connectivity index (χ1v) is 8.04. The predicted molar refractivity (Wildman–Crippen MR) is 84.5 cm³/mol. The number of hydrogen-bond donors (Lipinski definition) is 0. The first-order valence-electron chi connectivity index (χ1n) is 7.66. The molecule has 0 radical (unpaired) electrons. The van der Waals surface area contributed by atoms with Crippen molar-refractivity contribution >= 4 is 11.6 Å². The van der Waals surface area contributed by atoms with E-state index >= 15 is 0 Å². The number of nitrogens with zero attached hydrogens (tertiary/aromatic N) is 2. The van der Waals surface area contributed by atoms with Gasteiger partial charge >= 0.3 is 0 Å². The maximum Gasteiger partial charge on any atom is 0.127 e. The molecule has 5 heteroatoms. The Bertz CT molecular complexity index is 416. The van der Waals surface area contributed by atoms with Crippen LogP contribution in [0, 0.1) is 5.82 Å². The van der Waals surface area contributed by atoms with E-state index in [-0.39, 0.29) is 5.82 Å². The summed E-state index contributed by atoms with van der Waals surface area (Å²) >= 11 is 6.06. The predicted octanol–water partition coefficient (Wildman–Crippen LogP) is 2.68. The highest BCUT2D eigenvalue weighted by Gasteiger charge is 2.17. The topological polar surface area (TPSA) is 15.7 Å². The van der Waals surface area contributed by atoms with E-state index in [0.29, 0.717) is 17.0 Å². The third kappa shape index (κ3) is 5.22. The molecule has 1 aromatic rings. The molecule has 1 aromatic carbocycles. The van der Waals surface area contributed by atoms with Crippen LogP contribution in [0.5, 0.6) is 0 Å². The minimum atomic E-state index is -0.196. The molecule has 3 nitrogen and oxygen atoms in total. The minimum Gasteiger partial charge on any atom is -0.380 e. The fourth-order valence-electron chi connectivity index (χ4n) is 2.62. The Morgan fingerprint density at radius 2 is 1.81 bits per heavy atom. The smallest absolute Gasteiger partial charge is 0.127 e. The van der Waals surface area contributed by atoms with E-state index in [4.69, 9.17) is 16.3 Å². The molecule has 0 aromatic heterocycles. The Kier molecular flexibility index (Phi) is 6.90. The first kappa shape index (κ1) is 16.7. The summed E-state index contributed by atoms with van der Waals surface area (Å²) in [5, 5.41) is 0.533. The zero-order chi connectivity index (χ0) is 15.1. The van der Waals surface area contributed by atoms with Crippen LogP contribution in [0.25, 0.3) is 0 Å². The third-order valence-electron chi connectivity index (χ3n) is 3.96. The van der Waals surface area contributed by atoms with Crippen LogP contribution in [0.15, 0.2) is 18.2 Å². The van der Waals surface area contributed by atoms with Crippen molar-refractivity contribution in [3.05, 3.63) is 34.6 Å². The Hall–Kier alpha value is -0.680. The van der Waals surface area contributed by atoms with E-state index in [2.05, 4.69) is 9.80 Å². The maximum atomic E-state index is 13.7. The second-order valence-corrected chi connectivity index (χ2v) is 5.74. The van der Waals surface area contributed by atoms with Gasteiger partial charge in [-0.15, -0.1) is 0 Å². The van der Waals surface area contributed by atoms with E-state index in [1.807, 2.05) is 6.92 Å². The number of rotatable bonds is 7. The molecule has 0 bridgehead atoms. The van der Waals surface area contributed by atoms with Gasteiger partial charge in [-0.25, -0.2) is 4.39 Å². The number of hydrogen-bond acceptors (Lipinski definition) is 3. The molecule has 1 aliphatic rings. The van der Waals surface area contributed by atoms with Crippen molar-refractivity contribution in [2.45, 2.75) is 13.3 Å². The normalized spacial score (nSPS) is 17.3. The molecule has 1 heterocycles. The van der Waals surface area contributed by atoms with Gasteiger partial charge in [-0.3, -0.25) is 4.90 Å². The second-order valence-electron chi connectivity index (χ2n) is 5.33. The molecular formula is C16H24ClFN2O. The summed E-state index contributed by atoms with van der Waals surface area (Å²) in [6.07, 6.45) is 0.671. The van der Waals surface area contributed by atoms with Crippen molar-refractivity contribution in [1.29, 1.82) is 0 Å². The van der Waals surface area contributed by atoms with E-state index < -0.39 is 0 Å². The van der Waals surface area contributed by atoms with Gasteiger partial charge in [0.25, 0.3) is 0 Å². The highest BCUT2D eigenvalue weighted by atomic mass is 35.5. The molecule has 1 fully saturated rings. The molecule has 0 aliphatic carbocycles. The maximum absolute atomic E-state index is 13.7. The Labute approximate surface area is 131 Å². The molecule has 0 spiro atoms. The lowest BCUT2D eigenvalue weighted by Crippen LogP contribution is -2.47. The fourth-order valence-corrected chi connectivity index (χ4v) is 2.87. The zero-order valence-corrected chi connectivity index (χ0v) is 13.4. The van der Waals surface area contributed by atoms with Crippen LogP contribution in [0.4, 0.5) is 4.39 Å². The van der Waals surface area contributed by atoms with Crippen molar-refractivity contribution in [3.63, 3.8) is 0 Å². The molecule has 21 heavy (non-hydrogen) atoms. The molecule has 0 N–H and O–H groups in total. The van der Waals surface area contributed by atoms with Gasteiger partial charge in [0.15, 0.2) is 0 Å². The van der Waals surface area contributed by atoms with Crippen LogP contribution < -0.4 is 0 Å². The second kappa shape index (κ2) is 8.69. The molecule has 0 unspecified atom stereocenters. The van der Waals surface area contributed by atoms with Crippen LogP contribution in [-0.2, 0) is 11.2 Å². The largest absolute Gasteiger partial charge is 0.380 e.